The van der Waals surface area contributed by atoms with Gasteiger partial charge < -0.3 is 20.3 Å². The first-order valence-corrected chi connectivity index (χ1v) is 7.02. The highest BCUT2D eigenvalue weighted by Crippen LogP contribution is 2.27. The van der Waals surface area contributed by atoms with Crippen molar-refractivity contribution in [1.29, 1.82) is 0 Å². The molecule has 0 saturated carbocycles. The number of ether oxygens (including phenoxy) is 1. The molecule has 0 bridgehead atoms. The lowest BCUT2D eigenvalue weighted by atomic mass is 10.1. The summed E-state index contributed by atoms with van der Waals surface area (Å²) in [7, 11) is 1.50. The molecular formula is C15H21N3O3. The van der Waals surface area contributed by atoms with Crippen LogP contribution < -0.4 is 10.5 Å². The van der Waals surface area contributed by atoms with E-state index in [2.05, 4.69) is 0 Å². The maximum atomic E-state index is 12.6. The highest BCUT2D eigenvalue weighted by molar-refractivity contribution is 5.98. The van der Waals surface area contributed by atoms with Gasteiger partial charge in [-0.3, -0.25) is 9.59 Å². The van der Waals surface area contributed by atoms with Gasteiger partial charge in [0.25, 0.3) is 5.91 Å². The van der Waals surface area contributed by atoms with Crippen LogP contribution in [-0.2, 0) is 4.79 Å². The zero-order valence-corrected chi connectivity index (χ0v) is 12.5. The highest BCUT2D eigenvalue weighted by Gasteiger charge is 2.24. The largest absolute Gasteiger partial charge is 0.494 e. The second-order valence-electron chi connectivity index (χ2n) is 5.08. The van der Waals surface area contributed by atoms with Gasteiger partial charge in [0.05, 0.1) is 18.4 Å². The Bertz CT molecular complexity index is 545. The van der Waals surface area contributed by atoms with Crippen molar-refractivity contribution in [3.05, 3.63) is 23.8 Å². The van der Waals surface area contributed by atoms with Gasteiger partial charge in [0, 0.05) is 33.1 Å². The third-order valence-electron chi connectivity index (χ3n) is 3.71. The van der Waals surface area contributed by atoms with E-state index in [1.54, 1.807) is 34.9 Å². The second kappa shape index (κ2) is 6.47. The number of para-hydroxylation sites is 1. The van der Waals surface area contributed by atoms with Crippen molar-refractivity contribution in [2.24, 2.45) is 0 Å². The van der Waals surface area contributed by atoms with Gasteiger partial charge in [0.15, 0.2) is 5.75 Å². The zero-order chi connectivity index (χ0) is 15.4. The first kappa shape index (κ1) is 15.2. The summed E-state index contributed by atoms with van der Waals surface area (Å²) >= 11 is 0. The van der Waals surface area contributed by atoms with Crippen LogP contribution in [0.2, 0.25) is 0 Å². The van der Waals surface area contributed by atoms with E-state index in [0.29, 0.717) is 43.2 Å². The number of rotatable bonds is 2. The number of anilines is 1. The van der Waals surface area contributed by atoms with Gasteiger partial charge in [0.2, 0.25) is 5.91 Å². The molecule has 114 valence electrons. The van der Waals surface area contributed by atoms with Gasteiger partial charge in [-0.25, -0.2) is 0 Å². The van der Waals surface area contributed by atoms with E-state index in [0.717, 1.165) is 6.42 Å². The number of benzene rings is 1. The number of amides is 2. The van der Waals surface area contributed by atoms with Gasteiger partial charge in [-0.05, 0) is 18.6 Å². The van der Waals surface area contributed by atoms with Crippen molar-refractivity contribution in [1.82, 2.24) is 9.80 Å². The van der Waals surface area contributed by atoms with Crippen molar-refractivity contribution in [2.45, 2.75) is 13.3 Å². The molecule has 0 spiro atoms. The van der Waals surface area contributed by atoms with Crippen molar-refractivity contribution < 1.29 is 14.3 Å². The van der Waals surface area contributed by atoms with Gasteiger partial charge in [-0.1, -0.05) is 6.07 Å². The van der Waals surface area contributed by atoms with Gasteiger partial charge in [-0.15, -0.1) is 0 Å². The molecule has 21 heavy (non-hydrogen) atoms. The Morgan fingerprint density at radius 2 is 1.81 bits per heavy atom. The number of methoxy groups -OCH3 is 1. The molecule has 6 heteroatoms. The molecule has 6 nitrogen and oxygen atoms in total. The fourth-order valence-corrected chi connectivity index (χ4v) is 2.56. The lowest BCUT2D eigenvalue weighted by molar-refractivity contribution is -0.128. The second-order valence-corrected chi connectivity index (χ2v) is 5.08. The summed E-state index contributed by atoms with van der Waals surface area (Å²) in [4.78, 5) is 27.6. The normalized spacial score (nSPS) is 15.5. The average molecular weight is 291 g/mol. The first-order valence-electron chi connectivity index (χ1n) is 7.02. The molecule has 0 unspecified atom stereocenters. The predicted molar refractivity (Wildman–Crippen MR) is 80.2 cm³/mol. The summed E-state index contributed by atoms with van der Waals surface area (Å²) in [6.07, 6.45) is 0.774. The minimum atomic E-state index is -0.107. The van der Waals surface area contributed by atoms with E-state index >= 15 is 0 Å². The SMILES string of the molecule is COc1c(N)cccc1C(=O)N1CCCN(C(C)=O)CC1. The molecule has 2 amide bonds. The molecular weight excluding hydrogens is 270 g/mol. The number of hydrogen-bond acceptors (Lipinski definition) is 4. The molecule has 0 radical (unpaired) electrons. The molecule has 0 atom stereocenters. The van der Waals surface area contributed by atoms with E-state index in [1.807, 2.05) is 0 Å². The van der Waals surface area contributed by atoms with Gasteiger partial charge >= 0.3 is 0 Å². The third kappa shape index (κ3) is 3.26. The minimum absolute atomic E-state index is 0.0471. The lowest BCUT2D eigenvalue weighted by Gasteiger charge is -2.22. The summed E-state index contributed by atoms with van der Waals surface area (Å²) in [6.45, 7) is 3.95. The molecule has 0 aliphatic carbocycles. The van der Waals surface area contributed by atoms with Crippen LogP contribution >= 0.6 is 0 Å². The lowest BCUT2D eigenvalue weighted by Crippen LogP contribution is -2.36. The number of nitrogens with two attached hydrogens (primary N) is 1. The van der Waals surface area contributed by atoms with Crippen LogP contribution in [0.3, 0.4) is 0 Å². The number of hydrogen-bond donors (Lipinski definition) is 1. The summed E-state index contributed by atoms with van der Waals surface area (Å²) in [6, 6.07) is 5.16. The monoisotopic (exact) mass is 291 g/mol. The number of carbonyl (C=O) groups is 2. The highest BCUT2D eigenvalue weighted by atomic mass is 16.5. The van der Waals surface area contributed by atoms with Crippen LogP contribution in [-0.4, -0.2) is 54.9 Å². The predicted octanol–water partition coefficient (Wildman–Crippen LogP) is 0.972. The molecule has 0 aromatic heterocycles. The van der Waals surface area contributed by atoms with Gasteiger partial charge in [0.1, 0.15) is 0 Å². The maximum Gasteiger partial charge on any atom is 0.257 e. The Morgan fingerprint density at radius 3 is 2.48 bits per heavy atom. The molecule has 1 saturated heterocycles. The molecule has 1 heterocycles. The van der Waals surface area contributed by atoms with E-state index < -0.39 is 0 Å². The summed E-state index contributed by atoms with van der Waals surface area (Å²) in [5.41, 5.74) is 6.76. The van der Waals surface area contributed by atoms with Gasteiger partial charge in [-0.2, -0.15) is 0 Å². The van der Waals surface area contributed by atoms with Crippen molar-refractivity contribution in [3.63, 3.8) is 0 Å². The third-order valence-corrected chi connectivity index (χ3v) is 3.71. The van der Waals surface area contributed by atoms with Crippen LogP contribution in [0.25, 0.3) is 0 Å². The summed E-state index contributed by atoms with van der Waals surface area (Å²) < 4.78 is 5.24. The average Bonchev–Trinajstić information content (AvgIpc) is 2.72. The Hall–Kier alpha value is -2.24. The quantitative estimate of drug-likeness (QED) is 0.824. The van der Waals surface area contributed by atoms with E-state index in [4.69, 9.17) is 10.5 Å². The summed E-state index contributed by atoms with van der Waals surface area (Å²) in [5.74, 6) is 0.352. The molecule has 1 fully saturated rings. The topological polar surface area (TPSA) is 75.9 Å². The Kier molecular flexibility index (Phi) is 4.67. The van der Waals surface area contributed by atoms with Crippen LogP contribution in [0.1, 0.15) is 23.7 Å². The standard InChI is InChI=1S/C15H21N3O3/c1-11(19)17-7-4-8-18(10-9-17)15(20)12-5-3-6-13(16)14(12)21-2/h3,5-6H,4,7-10,16H2,1-2H3. The number of nitrogens with zero attached hydrogens (tertiary/aromatic N) is 2. The molecule has 1 aromatic carbocycles. The fourth-order valence-electron chi connectivity index (χ4n) is 2.56. The smallest absolute Gasteiger partial charge is 0.257 e. The van der Waals surface area contributed by atoms with Crippen LogP contribution in [0.15, 0.2) is 18.2 Å². The van der Waals surface area contributed by atoms with Crippen molar-refractivity contribution in [2.75, 3.05) is 39.0 Å². The van der Waals surface area contributed by atoms with E-state index in [9.17, 15) is 9.59 Å². The molecule has 2 N–H and O–H groups in total. The Morgan fingerprint density at radius 1 is 1.14 bits per heavy atom. The van der Waals surface area contributed by atoms with Crippen LogP contribution in [0.5, 0.6) is 5.75 Å². The van der Waals surface area contributed by atoms with Crippen LogP contribution in [0, 0.1) is 0 Å². The molecule has 1 aliphatic heterocycles. The Balaban J connectivity index is 2.17. The van der Waals surface area contributed by atoms with Crippen LogP contribution in [0.4, 0.5) is 5.69 Å². The number of nitrogen functional groups attached to an aromatic ring is 1. The maximum absolute atomic E-state index is 12.6. The van der Waals surface area contributed by atoms with E-state index in [1.165, 1.54) is 7.11 Å². The molecule has 1 aromatic rings. The zero-order valence-electron chi connectivity index (χ0n) is 12.5. The number of carbonyl (C=O) groups excluding carboxylic acids is 2. The summed E-state index contributed by atoms with van der Waals surface area (Å²) in [5, 5.41) is 0. The minimum Gasteiger partial charge on any atom is -0.494 e. The molecule has 1 aliphatic rings. The molecule has 2 rings (SSSR count). The van der Waals surface area contributed by atoms with Crippen molar-refractivity contribution >= 4 is 17.5 Å². The fraction of sp³-hybridized carbons (Fsp3) is 0.467. The Labute approximate surface area is 124 Å². The van der Waals surface area contributed by atoms with E-state index in [-0.39, 0.29) is 11.8 Å². The first-order chi connectivity index (χ1) is 10.0. The van der Waals surface area contributed by atoms with Crippen molar-refractivity contribution in [3.8, 4) is 5.75 Å².